The van der Waals surface area contributed by atoms with Gasteiger partial charge in [-0.3, -0.25) is 14.6 Å². The predicted octanol–water partition coefficient (Wildman–Crippen LogP) is 2.04. The fraction of sp³-hybridized carbons (Fsp3) is 0.188. The standard InChI is InChI=1S/C16H14FN7O/c1-3-24-15-14(22-16(24)25)18-6-11(21-15)9-4-5-10(12(17)8(9)2)13-19-7-20-23-13/h4-7H,3H2,1-2H3,(H,18,22,25)(H,19,20,23). The van der Waals surface area contributed by atoms with Crippen LogP contribution in [0.3, 0.4) is 0 Å². The van der Waals surface area contributed by atoms with Gasteiger partial charge in [0, 0.05) is 12.1 Å². The lowest BCUT2D eigenvalue weighted by Gasteiger charge is -2.09. The number of fused-ring (bicyclic) bond motifs is 1. The Kier molecular flexibility index (Phi) is 3.41. The quantitative estimate of drug-likeness (QED) is 0.594. The molecule has 0 fully saturated rings. The second-order valence-corrected chi connectivity index (χ2v) is 5.54. The Morgan fingerprint density at radius 1 is 1.24 bits per heavy atom. The molecule has 25 heavy (non-hydrogen) atoms. The molecular weight excluding hydrogens is 325 g/mol. The van der Waals surface area contributed by atoms with Crippen molar-refractivity contribution >= 4 is 11.3 Å². The van der Waals surface area contributed by atoms with Crippen LogP contribution in [-0.4, -0.2) is 34.7 Å². The third-order valence-electron chi connectivity index (χ3n) is 4.13. The van der Waals surface area contributed by atoms with Crippen LogP contribution in [0.2, 0.25) is 0 Å². The smallest absolute Gasteiger partial charge is 0.289 e. The Labute approximate surface area is 140 Å². The minimum Gasteiger partial charge on any atom is -0.289 e. The number of hydrogen-bond donors (Lipinski definition) is 2. The van der Waals surface area contributed by atoms with E-state index in [1.54, 1.807) is 19.1 Å². The van der Waals surface area contributed by atoms with Gasteiger partial charge in [-0.1, -0.05) is 6.07 Å². The Morgan fingerprint density at radius 3 is 2.76 bits per heavy atom. The lowest BCUT2D eigenvalue weighted by Crippen LogP contribution is -2.15. The van der Waals surface area contributed by atoms with E-state index in [1.807, 2.05) is 6.92 Å². The monoisotopic (exact) mass is 339 g/mol. The SMILES string of the molecule is CCn1c(=O)[nH]c2ncc(-c3ccc(-c4ncn[nH]4)c(F)c3C)nc21. The maximum atomic E-state index is 14.8. The summed E-state index contributed by atoms with van der Waals surface area (Å²) >= 11 is 0. The maximum Gasteiger partial charge on any atom is 0.328 e. The second-order valence-electron chi connectivity index (χ2n) is 5.54. The average molecular weight is 339 g/mol. The van der Waals surface area contributed by atoms with Crippen LogP contribution in [0.4, 0.5) is 4.39 Å². The van der Waals surface area contributed by atoms with Gasteiger partial charge >= 0.3 is 5.69 Å². The van der Waals surface area contributed by atoms with Gasteiger partial charge in [0.1, 0.15) is 12.1 Å². The van der Waals surface area contributed by atoms with Crippen molar-refractivity contribution in [3.05, 3.63) is 46.5 Å². The van der Waals surface area contributed by atoms with Crippen LogP contribution < -0.4 is 5.69 Å². The normalized spacial score (nSPS) is 11.3. The first-order chi connectivity index (χ1) is 12.1. The summed E-state index contributed by atoms with van der Waals surface area (Å²) in [4.78, 5) is 27.2. The van der Waals surface area contributed by atoms with Crippen molar-refractivity contribution < 1.29 is 4.39 Å². The third kappa shape index (κ3) is 2.32. The molecule has 0 unspecified atom stereocenters. The van der Waals surface area contributed by atoms with Crippen LogP contribution in [-0.2, 0) is 6.54 Å². The molecule has 8 nitrogen and oxygen atoms in total. The molecule has 0 atom stereocenters. The van der Waals surface area contributed by atoms with Crippen molar-refractivity contribution in [2.45, 2.75) is 20.4 Å². The summed E-state index contributed by atoms with van der Waals surface area (Å²) in [5, 5.41) is 6.40. The summed E-state index contributed by atoms with van der Waals surface area (Å²) in [6.45, 7) is 3.98. The molecule has 126 valence electrons. The van der Waals surface area contributed by atoms with E-state index < -0.39 is 5.82 Å². The number of H-pyrrole nitrogens is 2. The third-order valence-corrected chi connectivity index (χ3v) is 4.13. The van der Waals surface area contributed by atoms with E-state index in [4.69, 9.17) is 0 Å². The highest BCUT2D eigenvalue weighted by atomic mass is 19.1. The first kappa shape index (κ1) is 15.2. The van der Waals surface area contributed by atoms with Crippen molar-refractivity contribution in [2.24, 2.45) is 0 Å². The first-order valence-electron chi connectivity index (χ1n) is 7.71. The molecule has 0 radical (unpaired) electrons. The van der Waals surface area contributed by atoms with Crippen LogP contribution in [0.15, 0.2) is 29.5 Å². The molecule has 3 heterocycles. The van der Waals surface area contributed by atoms with Crippen molar-refractivity contribution in [1.82, 2.24) is 34.7 Å². The zero-order valence-corrected chi connectivity index (χ0v) is 13.5. The van der Waals surface area contributed by atoms with Crippen LogP contribution in [0.5, 0.6) is 0 Å². The summed E-state index contributed by atoms with van der Waals surface area (Å²) in [6.07, 6.45) is 2.85. The van der Waals surface area contributed by atoms with Gasteiger partial charge in [-0.25, -0.2) is 24.1 Å². The predicted molar refractivity (Wildman–Crippen MR) is 89.3 cm³/mol. The summed E-state index contributed by atoms with van der Waals surface area (Å²) in [7, 11) is 0. The van der Waals surface area contributed by atoms with E-state index in [0.717, 1.165) is 0 Å². The fourth-order valence-electron chi connectivity index (χ4n) is 2.82. The number of imidazole rings is 1. The molecule has 0 spiro atoms. The zero-order chi connectivity index (χ0) is 17.6. The van der Waals surface area contributed by atoms with Gasteiger partial charge in [0.25, 0.3) is 0 Å². The minimum absolute atomic E-state index is 0.266. The minimum atomic E-state index is -0.405. The summed E-state index contributed by atoms with van der Waals surface area (Å²) in [5.74, 6) is -0.0442. The Hall–Kier alpha value is -3.36. The van der Waals surface area contributed by atoms with Crippen LogP contribution >= 0.6 is 0 Å². The van der Waals surface area contributed by atoms with Gasteiger partial charge in [-0.15, -0.1) is 0 Å². The topological polar surface area (TPSA) is 105 Å². The van der Waals surface area contributed by atoms with Crippen LogP contribution in [0.1, 0.15) is 12.5 Å². The number of aromatic nitrogens is 7. The highest BCUT2D eigenvalue weighted by Gasteiger charge is 2.17. The number of nitrogens with one attached hydrogen (secondary N) is 2. The Balaban J connectivity index is 1.89. The molecule has 0 amide bonds. The average Bonchev–Trinajstić information content (AvgIpc) is 3.23. The van der Waals surface area contributed by atoms with Gasteiger partial charge in [-0.2, -0.15) is 5.10 Å². The van der Waals surface area contributed by atoms with Crippen LogP contribution in [0.25, 0.3) is 33.9 Å². The maximum absolute atomic E-state index is 14.8. The number of benzene rings is 1. The van der Waals surface area contributed by atoms with E-state index >= 15 is 0 Å². The highest BCUT2D eigenvalue weighted by molar-refractivity contribution is 5.74. The van der Waals surface area contributed by atoms with E-state index in [1.165, 1.54) is 17.1 Å². The molecule has 0 saturated heterocycles. The van der Waals surface area contributed by atoms with Crippen molar-refractivity contribution in [3.63, 3.8) is 0 Å². The number of halogens is 1. The van der Waals surface area contributed by atoms with Crippen molar-refractivity contribution in [1.29, 1.82) is 0 Å². The van der Waals surface area contributed by atoms with Gasteiger partial charge in [-0.05, 0) is 25.5 Å². The number of aryl methyl sites for hydroxylation is 1. The van der Waals surface area contributed by atoms with Crippen molar-refractivity contribution in [2.75, 3.05) is 0 Å². The summed E-state index contributed by atoms with van der Waals surface area (Å²) in [6, 6.07) is 3.38. The molecule has 4 aromatic rings. The molecule has 0 aliphatic rings. The molecule has 0 saturated carbocycles. The Morgan fingerprint density at radius 2 is 2.04 bits per heavy atom. The number of aromatic amines is 2. The molecule has 9 heteroatoms. The Bertz CT molecular complexity index is 1130. The molecule has 4 rings (SSSR count). The van der Waals surface area contributed by atoms with Crippen molar-refractivity contribution in [3.8, 4) is 22.6 Å². The highest BCUT2D eigenvalue weighted by Crippen LogP contribution is 2.29. The van der Waals surface area contributed by atoms with E-state index in [0.29, 0.717) is 46.0 Å². The largest absolute Gasteiger partial charge is 0.328 e. The summed E-state index contributed by atoms with van der Waals surface area (Å²) in [5.41, 5.74) is 2.44. The molecular formula is C16H14FN7O. The van der Waals surface area contributed by atoms with Crippen LogP contribution in [0, 0.1) is 12.7 Å². The molecule has 0 bridgehead atoms. The molecule has 2 N–H and O–H groups in total. The van der Waals surface area contributed by atoms with E-state index in [9.17, 15) is 9.18 Å². The molecule has 0 aliphatic carbocycles. The van der Waals surface area contributed by atoms with E-state index in [2.05, 4.69) is 30.1 Å². The lowest BCUT2D eigenvalue weighted by molar-refractivity contribution is 0.621. The second kappa shape index (κ2) is 5.62. The van der Waals surface area contributed by atoms with Gasteiger partial charge < -0.3 is 0 Å². The molecule has 3 aromatic heterocycles. The fourth-order valence-corrected chi connectivity index (χ4v) is 2.82. The molecule has 0 aliphatic heterocycles. The first-order valence-corrected chi connectivity index (χ1v) is 7.71. The van der Waals surface area contributed by atoms with E-state index in [-0.39, 0.29) is 5.69 Å². The number of nitrogens with zero attached hydrogens (tertiary/aromatic N) is 5. The number of hydrogen-bond acceptors (Lipinski definition) is 5. The molecule has 1 aromatic carbocycles. The number of rotatable bonds is 3. The van der Waals surface area contributed by atoms with Gasteiger partial charge in [0.2, 0.25) is 0 Å². The van der Waals surface area contributed by atoms with Gasteiger partial charge in [0.15, 0.2) is 17.1 Å². The summed E-state index contributed by atoms with van der Waals surface area (Å²) < 4.78 is 16.3. The lowest BCUT2D eigenvalue weighted by atomic mass is 10.0. The van der Waals surface area contributed by atoms with Gasteiger partial charge in [0.05, 0.1) is 17.5 Å². The zero-order valence-electron chi connectivity index (χ0n) is 13.5.